The van der Waals surface area contributed by atoms with Crippen molar-refractivity contribution in [1.82, 2.24) is 5.32 Å². The van der Waals surface area contributed by atoms with Crippen LogP contribution in [0.2, 0.25) is 0 Å². The Kier molecular flexibility index (Phi) is 8.64. The molecule has 0 aliphatic heterocycles. The van der Waals surface area contributed by atoms with E-state index in [4.69, 9.17) is 5.11 Å². The van der Waals surface area contributed by atoms with Gasteiger partial charge in [-0.1, -0.05) is 33.1 Å². The fourth-order valence-electron chi connectivity index (χ4n) is 1.29. The van der Waals surface area contributed by atoms with E-state index in [9.17, 15) is 4.79 Å². The monoisotopic (exact) mass is 201 g/mol. The molecule has 1 atom stereocenters. The second kappa shape index (κ2) is 9.00. The van der Waals surface area contributed by atoms with Crippen molar-refractivity contribution in [3.8, 4) is 0 Å². The average molecular weight is 201 g/mol. The van der Waals surface area contributed by atoms with Crippen LogP contribution in [0.4, 0.5) is 0 Å². The maximum absolute atomic E-state index is 11.3. The molecule has 0 unspecified atom stereocenters. The second-order valence-electron chi connectivity index (χ2n) is 3.67. The predicted molar refractivity (Wildman–Crippen MR) is 58.1 cm³/mol. The summed E-state index contributed by atoms with van der Waals surface area (Å²) in [6.45, 7) is 4.15. The number of rotatable bonds is 8. The molecule has 0 spiro atoms. The van der Waals surface area contributed by atoms with Crippen molar-refractivity contribution >= 4 is 5.91 Å². The van der Waals surface area contributed by atoms with E-state index >= 15 is 0 Å². The number of hydrogen-bond donors (Lipinski definition) is 2. The fraction of sp³-hybridized carbons (Fsp3) is 0.909. The van der Waals surface area contributed by atoms with Crippen molar-refractivity contribution in [3.63, 3.8) is 0 Å². The first kappa shape index (κ1) is 13.4. The zero-order valence-electron chi connectivity index (χ0n) is 9.38. The zero-order chi connectivity index (χ0) is 10.8. The third kappa shape index (κ3) is 6.89. The number of hydrogen-bond acceptors (Lipinski definition) is 2. The lowest BCUT2D eigenvalue weighted by Gasteiger charge is -2.13. The summed E-state index contributed by atoms with van der Waals surface area (Å²) >= 11 is 0. The summed E-state index contributed by atoms with van der Waals surface area (Å²) in [5, 5.41) is 11.7. The average Bonchev–Trinajstić information content (AvgIpc) is 2.21. The number of nitrogens with one attached hydrogen (secondary N) is 1. The molecule has 0 rings (SSSR count). The molecule has 0 heterocycles. The Balaban J connectivity index is 3.44. The van der Waals surface area contributed by atoms with Crippen LogP contribution in [0.3, 0.4) is 0 Å². The van der Waals surface area contributed by atoms with Gasteiger partial charge < -0.3 is 10.4 Å². The molecule has 0 bridgehead atoms. The van der Waals surface area contributed by atoms with Crippen molar-refractivity contribution in [2.45, 2.75) is 58.4 Å². The molecule has 0 saturated carbocycles. The first-order valence-corrected chi connectivity index (χ1v) is 5.64. The molecule has 0 radical (unpaired) electrons. The van der Waals surface area contributed by atoms with Crippen molar-refractivity contribution < 1.29 is 9.90 Å². The van der Waals surface area contributed by atoms with Crippen LogP contribution in [0.15, 0.2) is 0 Å². The van der Waals surface area contributed by atoms with E-state index in [0.717, 1.165) is 19.3 Å². The van der Waals surface area contributed by atoms with E-state index < -0.39 is 0 Å². The lowest BCUT2D eigenvalue weighted by molar-refractivity contribution is -0.122. The number of carbonyl (C=O) groups excluding carboxylic acids is 1. The Labute approximate surface area is 86.9 Å². The quantitative estimate of drug-likeness (QED) is 0.589. The van der Waals surface area contributed by atoms with Gasteiger partial charge in [-0.25, -0.2) is 0 Å². The Morgan fingerprint density at radius 2 is 2.00 bits per heavy atom. The minimum absolute atomic E-state index is 0.0389. The smallest absolute Gasteiger partial charge is 0.220 e. The van der Waals surface area contributed by atoms with Gasteiger partial charge >= 0.3 is 0 Å². The van der Waals surface area contributed by atoms with Gasteiger partial charge in [-0.2, -0.15) is 0 Å². The van der Waals surface area contributed by atoms with Gasteiger partial charge in [0.05, 0.1) is 12.6 Å². The predicted octanol–water partition coefficient (Wildman–Crippen LogP) is 1.84. The van der Waals surface area contributed by atoms with Crippen LogP contribution < -0.4 is 5.32 Å². The number of unbranched alkanes of at least 4 members (excludes halogenated alkanes) is 3. The van der Waals surface area contributed by atoms with Crippen LogP contribution in [-0.4, -0.2) is 23.7 Å². The summed E-state index contributed by atoms with van der Waals surface area (Å²) in [4.78, 5) is 11.3. The van der Waals surface area contributed by atoms with E-state index in [1.807, 2.05) is 6.92 Å². The minimum Gasteiger partial charge on any atom is -0.394 e. The summed E-state index contributed by atoms with van der Waals surface area (Å²) in [7, 11) is 0. The topological polar surface area (TPSA) is 49.3 Å². The molecule has 3 nitrogen and oxygen atoms in total. The summed E-state index contributed by atoms with van der Waals surface area (Å²) < 4.78 is 0. The highest BCUT2D eigenvalue weighted by atomic mass is 16.3. The van der Waals surface area contributed by atoms with Crippen molar-refractivity contribution in [1.29, 1.82) is 0 Å². The Morgan fingerprint density at radius 1 is 1.29 bits per heavy atom. The molecule has 1 amide bonds. The van der Waals surface area contributed by atoms with E-state index in [2.05, 4.69) is 12.2 Å². The van der Waals surface area contributed by atoms with Gasteiger partial charge in [-0.3, -0.25) is 4.79 Å². The van der Waals surface area contributed by atoms with E-state index in [-0.39, 0.29) is 18.6 Å². The minimum atomic E-state index is -0.0614. The molecule has 0 fully saturated rings. The first-order valence-electron chi connectivity index (χ1n) is 5.64. The molecule has 0 aliphatic rings. The lowest BCUT2D eigenvalue weighted by atomic mass is 10.1. The van der Waals surface area contributed by atoms with Crippen LogP contribution in [0.25, 0.3) is 0 Å². The Morgan fingerprint density at radius 3 is 2.50 bits per heavy atom. The summed E-state index contributed by atoms with van der Waals surface area (Å²) in [5.41, 5.74) is 0. The molecule has 14 heavy (non-hydrogen) atoms. The first-order chi connectivity index (χ1) is 6.74. The fourth-order valence-corrected chi connectivity index (χ4v) is 1.29. The van der Waals surface area contributed by atoms with E-state index in [0.29, 0.717) is 6.42 Å². The summed E-state index contributed by atoms with van der Waals surface area (Å²) in [6, 6.07) is -0.0614. The number of amides is 1. The molecule has 0 aromatic heterocycles. The van der Waals surface area contributed by atoms with Crippen LogP contribution in [-0.2, 0) is 4.79 Å². The second-order valence-corrected chi connectivity index (χ2v) is 3.67. The number of aliphatic hydroxyl groups is 1. The van der Waals surface area contributed by atoms with Crippen molar-refractivity contribution in [3.05, 3.63) is 0 Å². The zero-order valence-corrected chi connectivity index (χ0v) is 9.38. The van der Waals surface area contributed by atoms with Crippen LogP contribution in [0.5, 0.6) is 0 Å². The van der Waals surface area contributed by atoms with Gasteiger partial charge in [0.15, 0.2) is 0 Å². The molecule has 0 saturated heterocycles. The molecular formula is C11H23NO2. The van der Waals surface area contributed by atoms with Gasteiger partial charge in [-0.15, -0.1) is 0 Å². The third-order valence-electron chi connectivity index (χ3n) is 2.34. The molecule has 0 aromatic rings. The van der Waals surface area contributed by atoms with Gasteiger partial charge in [0.2, 0.25) is 5.91 Å². The molecule has 0 aromatic carbocycles. The number of carbonyl (C=O) groups is 1. The standard InChI is InChI=1S/C11H23NO2/c1-3-5-6-7-8-11(14)12-10(4-2)9-13/h10,13H,3-9H2,1-2H3,(H,12,14)/t10-/m0/s1. The van der Waals surface area contributed by atoms with Crippen LogP contribution in [0, 0.1) is 0 Å². The third-order valence-corrected chi connectivity index (χ3v) is 2.34. The molecule has 84 valence electrons. The SMILES string of the molecule is CCCCCCC(=O)N[C@@H](CC)CO. The largest absolute Gasteiger partial charge is 0.394 e. The molecule has 3 heteroatoms. The van der Waals surface area contributed by atoms with Crippen molar-refractivity contribution in [2.24, 2.45) is 0 Å². The van der Waals surface area contributed by atoms with Gasteiger partial charge in [-0.05, 0) is 12.8 Å². The Hall–Kier alpha value is -0.570. The lowest BCUT2D eigenvalue weighted by Crippen LogP contribution is -2.36. The van der Waals surface area contributed by atoms with E-state index in [1.54, 1.807) is 0 Å². The maximum atomic E-state index is 11.3. The van der Waals surface area contributed by atoms with Crippen molar-refractivity contribution in [2.75, 3.05) is 6.61 Å². The highest BCUT2D eigenvalue weighted by Gasteiger charge is 2.07. The van der Waals surface area contributed by atoms with Crippen LogP contribution in [0.1, 0.15) is 52.4 Å². The number of aliphatic hydroxyl groups excluding tert-OH is 1. The highest BCUT2D eigenvalue weighted by Crippen LogP contribution is 2.02. The molecule has 0 aliphatic carbocycles. The van der Waals surface area contributed by atoms with E-state index in [1.165, 1.54) is 12.8 Å². The van der Waals surface area contributed by atoms with Gasteiger partial charge in [0.25, 0.3) is 0 Å². The van der Waals surface area contributed by atoms with Gasteiger partial charge in [0.1, 0.15) is 0 Å². The molecular weight excluding hydrogens is 178 g/mol. The maximum Gasteiger partial charge on any atom is 0.220 e. The Bertz CT molecular complexity index is 144. The summed E-state index contributed by atoms with van der Waals surface area (Å²) in [5.74, 6) is 0.0713. The highest BCUT2D eigenvalue weighted by molar-refractivity contribution is 5.76. The van der Waals surface area contributed by atoms with Gasteiger partial charge in [0, 0.05) is 6.42 Å². The normalized spacial score (nSPS) is 12.5. The van der Waals surface area contributed by atoms with Crippen LogP contribution >= 0.6 is 0 Å². The summed E-state index contributed by atoms with van der Waals surface area (Å²) in [6.07, 6.45) is 5.86. The molecule has 2 N–H and O–H groups in total.